The maximum absolute atomic E-state index is 14.0. The van der Waals surface area contributed by atoms with Gasteiger partial charge in [-0.05, 0) is 61.7 Å². The van der Waals surface area contributed by atoms with Crippen molar-refractivity contribution in [1.82, 2.24) is 9.88 Å². The molecule has 1 aromatic heterocycles. The van der Waals surface area contributed by atoms with Crippen LogP contribution < -0.4 is 19.2 Å². The molecule has 0 radical (unpaired) electrons. The highest BCUT2D eigenvalue weighted by molar-refractivity contribution is 8.00. The number of methoxy groups -OCH3 is 1. The summed E-state index contributed by atoms with van der Waals surface area (Å²) in [6.45, 7) is 1.25. The van der Waals surface area contributed by atoms with Crippen LogP contribution in [0.25, 0.3) is 0 Å². The highest BCUT2D eigenvalue weighted by atomic mass is 35.5. The highest BCUT2D eigenvalue weighted by Crippen LogP contribution is 2.54. The summed E-state index contributed by atoms with van der Waals surface area (Å²) in [4.78, 5) is 59.2. The lowest BCUT2D eigenvalue weighted by Gasteiger charge is -2.31. The number of H-pyrrole nitrogens is 1. The minimum absolute atomic E-state index is 0.109. The van der Waals surface area contributed by atoms with Crippen molar-refractivity contribution in [3.05, 3.63) is 67.6 Å². The summed E-state index contributed by atoms with van der Waals surface area (Å²) in [5.41, 5.74) is 1.000. The standard InChI is InChI=1S/C28H26ClN3O6S2/c1-37-17-8-6-16(7-9-17)32-26(34)22-21(23-25(30-28(36)40-23)39-24(22)27(32)35)18-13-15(29)5-10-19(18)38-14-20(33)31-11-3-2-4-12-31/h5-10,13,21-22,24H,2-4,11-12,14H2,1H3,(H,30,36)/t21-,22-,24+/m0/s1. The Kier molecular flexibility index (Phi) is 7.37. The number of carbonyl (C=O) groups excluding carboxylic acids is 3. The Morgan fingerprint density at radius 3 is 2.52 bits per heavy atom. The fourth-order valence-electron chi connectivity index (χ4n) is 5.61. The average molecular weight is 600 g/mol. The molecule has 3 aliphatic rings. The molecular weight excluding hydrogens is 574 g/mol. The number of nitrogens with zero attached hydrogens (tertiary/aromatic N) is 2. The number of nitrogens with one attached hydrogen (secondary N) is 1. The summed E-state index contributed by atoms with van der Waals surface area (Å²) in [5, 5.41) is 0.196. The molecule has 3 atom stereocenters. The lowest BCUT2D eigenvalue weighted by atomic mass is 9.82. The number of hydrogen-bond donors (Lipinski definition) is 1. The van der Waals surface area contributed by atoms with Gasteiger partial charge in [0.25, 0.3) is 5.91 Å². The van der Waals surface area contributed by atoms with Gasteiger partial charge in [0, 0.05) is 34.5 Å². The Labute approximate surface area is 243 Å². The molecule has 3 aliphatic heterocycles. The van der Waals surface area contributed by atoms with Gasteiger partial charge in [-0.15, -0.1) is 0 Å². The Balaban J connectivity index is 1.38. The lowest BCUT2D eigenvalue weighted by molar-refractivity contribution is -0.134. The number of aromatic amines is 1. The average Bonchev–Trinajstić information content (AvgIpc) is 3.46. The van der Waals surface area contributed by atoms with Crippen molar-refractivity contribution in [1.29, 1.82) is 0 Å². The molecule has 9 nitrogen and oxygen atoms in total. The molecule has 0 unspecified atom stereocenters. The number of aromatic nitrogens is 1. The number of carbonyl (C=O) groups is 3. The van der Waals surface area contributed by atoms with E-state index in [1.165, 1.54) is 16.7 Å². The summed E-state index contributed by atoms with van der Waals surface area (Å²) in [6.07, 6.45) is 3.05. The molecule has 0 bridgehead atoms. The number of fused-ring (bicyclic) bond motifs is 2. The summed E-state index contributed by atoms with van der Waals surface area (Å²) in [6, 6.07) is 11.8. The van der Waals surface area contributed by atoms with Gasteiger partial charge in [-0.25, -0.2) is 4.90 Å². The van der Waals surface area contributed by atoms with Crippen LogP contribution in [0.1, 0.15) is 35.6 Å². The predicted octanol–water partition coefficient (Wildman–Crippen LogP) is 4.29. The van der Waals surface area contributed by atoms with E-state index in [0.29, 0.717) is 50.8 Å². The van der Waals surface area contributed by atoms with Gasteiger partial charge in [-0.2, -0.15) is 0 Å². The number of imide groups is 1. The van der Waals surface area contributed by atoms with Gasteiger partial charge in [0.1, 0.15) is 16.7 Å². The molecule has 0 aliphatic carbocycles. The molecule has 2 fully saturated rings. The number of thioether (sulfide) groups is 1. The van der Waals surface area contributed by atoms with Crippen LogP contribution in [0, 0.1) is 5.92 Å². The zero-order chi connectivity index (χ0) is 28.0. The van der Waals surface area contributed by atoms with Crippen molar-refractivity contribution in [3.63, 3.8) is 0 Å². The SMILES string of the molecule is COc1ccc(N2C(=O)[C@H]3[C@H](c4cc(Cl)ccc4OCC(=O)N4CCCCC4)c4sc(=O)[nH]c4S[C@H]3C2=O)cc1. The molecule has 3 aromatic rings. The Hall–Kier alpha value is -3.28. The maximum Gasteiger partial charge on any atom is 0.305 e. The van der Waals surface area contributed by atoms with Crippen LogP contribution in [0.15, 0.2) is 52.3 Å². The first-order valence-corrected chi connectivity index (χ1v) is 15.0. The molecule has 4 heterocycles. The van der Waals surface area contributed by atoms with Crippen molar-refractivity contribution in [2.75, 3.05) is 31.7 Å². The van der Waals surface area contributed by atoms with E-state index in [4.69, 9.17) is 21.1 Å². The molecule has 40 heavy (non-hydrogen) atoms. The minimum atomic E-state index is -0.808. The van der Waals surface area contributed by atoms with Crippen LogP contribution >= 0.6 is 34.7 Å². The van der Waals surface area contributed by atoms with E-state index in [0.717, 1.165) is 30.6 Å². The van der Waals surface area contributed by atoms with Gasteiger partial charge in [0.15, 0.2) is 6.61 Å². The van der Waals surface area contributed by atoms with E-state index in [1.807, 2.05) is 0 Å². The molecule has 6 rings (SSSR count). The Bertz CT molecular complexity index is 1530. The zero-order valence-electron chi connectivity index (χ0n) is 21.6. The number of likely N-dealkylation sites (tertiary alicyclic amines) is 1. The topological polar surface area (TPSA) is 109 Å². The number of amides is 3. The second-order valence-electron chi connectivity index (χ2n) is 9.87. The number of hydrogen-bond acceptors (Lipinski definition) is 8. The molecule has 1 N–H and O–H groups in total. The first-order valence-electron chi connectivity index (χ1n) is 13.0. The third kappa shape index (κ3) is 4.80. The van der Waals surface area contributed by atoms with E-state index in [1.54, 1.807) is 54.5 Å². The number of halogens is 1. The van der Waals surface area contributed by atoms with Gasteiger partial charge in [0.05, 0.1) is 23.7 Å². The van der Waals surface area contributed by atoms with Crippen molar-refractivity contribution < 1.29 is 23.9 Å². The van der Waals surface area contributed by atoms with Gasteiger partial charge in [0.2, 0.25) is 11.8 Å². The smallest absolute Gasteiger partial charge is 0.305 e. The van der Waals surface area contributed by atoms with E-state index >= 15 is 0 Å². The van der Waals surface area contributed by atoms with Crippen LogP contribution in [0.3, 0.4) is 0 Å². The monoisotopic (exact) mass is 599 g/mol. The molecule has 0 saturated carbocycles. The number of rotatable bonds is 6. The molecule has 2 aromatic carbocycles. The van der Waals surface area contributed by atoms with Crippen LogP contribution in [0.2, 0.25) is 5.02 Å². The largest absolute Gasteiger partial charge is 0.497 e. The second-order valence-corrected chi connectivity index (χ2v) is 12.5. The first-order chi connectivity index (χ1) is 19.4. The third-order valence-electron chi connectivity index (χ3n) is 7.52. The van der Waals surface area contributed by atoms with Crippen molar-refractivity contribution in [2.24, 2.45) is 5.92 Å². The van der Waals surface area contributed by atoms with Crippen LogP contribution in [-0.4, -0.2) is 59.7 Å². The maximum atomic E-state index is 14.0. The molecule has 0 spiro atoms. The molecule has 3 amide bonds. The van der Waals surface area contributed by atoms with Gasteiger partial charge < -0.3 is 19.4 Å². The van der Waals surface area contributed by atoms with Gasteiger partial charge in [-0.1, -0.05) is 34.7 Å². The Morgan fingerprint density at radius 2 is 1.80 bits per heavy atom. The fourth-order valence-corrected chi connectivity index (χ4v) is 8.29. The van der Waals surface area contributed by atoms with Crippen LogP contribution in [0.5, 0.6) is 11.5 Å². The first kappa shape index (κ1) is 26.9. The van der Waals surface area contributed by atoms with Crippen LogP contribution in [0.4, 0.5) is 5.69 Å². The molecule has 2 saturated heterocycles. The van der Waals surface area contributed by atoms with Gasteiger partial charge >= 0.3 is 4.87 Å². The number of thiazole rings is 1. The van der Waals surface area contributed by atoms with Crippen molar-refractivity contribution in [3.8, 4) is 11.5 Å². The quantitative estimate of drug-likeness (QED) is 0.421. The second kappa shape index (κ2) is 10.9. The number of anilines is 1. The Morgan fingerprint density at radius 1 is 1.05 bits per heavy atom. The zero-order valence-corrected chi connectivity index (χ0v) is 23.9. The summed E-state index contributed by atoms with van der Waals surface area (Å²) < 4.78 is 11.3. The number of ether oxygens (including phenoxy) is 2. The van der Waals surface area contributed by atoms with E-state index < -0.39 is 17.1 Å². The van der Waals surface area contributed by atoms with Crippen molar-refractivity contribution in [2.45, 2.75) is 35.5 Å². The highest BCUT2D eigenvalue weighted by Gasteiger charge is 2.56. The summed E-state index contributed by atoms with van der Waals surface area (Å²) in [5.74, 6) is -1.34. The molecule has 208 valence electrons. The van der Waals surface area contributed by atoms with Gasteiger partial charge in [-0.3, -0.25) is 19.2 Å². The predicted molar refractivity (Wildman–Crippen MR) is 153 cm³/mol. The van der Waals surface area contributed by atoms with Crippen molar-refractivity contribution >= 4 is 58.1 Å². The summed E-state index contributed by atoms with van der Waals surface area (Å²) in [7, 11) is 1.54. The number of benzene rings is 2. The molecule has 12 heteroatoms. The fraction of sp³-hybridized carbons (Fsp3) is 0.357. The molecular formula is C28H26ClN3O6S2. The third-order valence-corrected chi connectivity index (χ3v) is 10.2. The normalized spacial score (nSPS) is 22.2. The van der Waals surface area contributed by atoms with Crippen LogP contribution in [-0.2, 0) is 14.4 Å². The number of piperidine rings is 1. The minimum Gasteiger partial charge on any atom is -0.497 e. The summed E-state index contributed by atoms with van der Waals surface area (Å²) >= 11 is 8.64. The lowest BCUT2D eigenvalue weighted by Crippen LogP contribution is -2.38. The van der Waals surface area contributed by atoms with E-state index in [-0.39, 0.29) is 29.2 Å². The van der Waals surface area contributed by atoms with E-state index in [2.05, 4.69) is 4.98 Å². The van der Waals surface area contributed by atoms with E-state index in [9.17, 15) is 19.2 Å².